The second-order valence-electron chi connectivity index (χ2n) is 2.60. The van der Waals surface area contributed by atoms with Crippen LogP contribution in [0.1, 0.15) is 26.2 Å². The first-order valence-corrected chi connectivity index (χ1v) is 4.15. The third kappa shape index (κ3) is 5.32. The first kappa shape index (κ1) is 12.1. The number of hydrogen-bond acceptors (Lipinski definition) is 5. The van der Waals surface area contributed by atoms with Gasteiger partial charge in [0.1, 0.15) is 0 Å². The van der Waals surface area contributed by atoms with Crippen molar-refractivity contribution in [2.24, 2.45) is 0 Å². The van der Waals surface area contributed by atoms with Gasteiger partial charge in [-0.3, -0.25) is 4.79 Å². The molecular formula is C8H14O5. The summed E-state index contributed by atoms with van der Waals surface area (Å²) in [5.74, 6) is -1.76. The van der Waals surface area contributed by atoms with Crippen LogP contribution < -0.4 is 0 Å². The van der Waals surface area contributed by atoms with E-state index in [4.69, 9.17) is 10.2 Å². The number of rotatable bonds is 5. The number of unbranched alkanes of at least 4 members (excludes halogenated alkanes) is 1. The zero-order valence-corrected chi connectivity index (χ0v) is 7.52. The maximum absolute atomic E-state index is 10.8. The van der Waals surface area contributed by atoms with Crippen LogP contribution in [0, 0.1) is 0 Å². The van der Waals surface area contributed by atoms with Crippen molar-refractivity contribution in [2.45, 2.75) is 32.3 Å². The lowest BCUT2D eigenvalue weighted by Gasteiger charge is -2.05. The fourth-order valence-electron chi connectivity index (χ4n) is 0.627. The van der Waals surface area contributed by atoms with Gasteiger partial charge in [0.05, 0.1) is 6.61 Å². The minimum atomic E-state index is -1.62. The topological polar surface area (TPSA) is 83.8 Å². The number of hydrogen-bond donors (Lipinski definition) is 2. The van der Waals surface area contributed by atoms with Gasteiger partial charge in [0.25, 0.3) is 0 Å². The van der Waals surface area contributed by atoms with Crippen molar-refractivity contribution in [2.75, 3.05) is 6.61 Å². The average Bonchev–Trinajstić information content (AvgIpc) is 2.13. The molecule has 0 saturated carbocycles. The molecule has 76 valence electrons. The molecule has 1 unspecified atom stereocenters. The highest BCUT2D eigenvalue weighted by atomic mass is 16.6. The monoisotopic (exact) mass is 190 g/mol. The van der Waals surface area contributed by atoms with Crippen LogP contribution in [0.4, 0.5) is 0 Å². The number of carbonyl (C=O) groups excluding carboxylic acids is 2. The van der Waals surface area contributed by atoms with Gasteiger partial charge in [0.2, 0.25) is 0 Å². The highest BCUT2D eigenvalue weighted by molar-refractivity contribution is 5.87. The number of ether oxygens (including phenoxy) is 1. The van der Waals surface area contributed by atoms with Crippen LogP contribution in [0.5, 0.6) is 0 Å². The largest absolute Gasteiger partial charge is 0.393 e. The van der Waals surface area contributed by atoms with E-state index in [1.165, 1.54) is 0 Å². The van der Waals surface area contributed by atoms with Crippen LogP contribution in [0.2, 0.25) is 0 Å². The van der Waals surface area contributed by atoms with Crippen LogP contribution in [0.15, 0.2) is 0 Å². The van der Waals surface area contributed by atoms with Crippen molar-refractivity contribution < 1.29 is 24.5 Å². The summed E-state index contributed by atoms with van der Waals surface area (Å²) in [6.07, 6.45) is -0.00122. The van der Waals surface area contributed by atoms with Gasteiger partial charge < -0.3 is 14.9 Å². The van der Waals surface area contributed by atoms with Gasteiger partial charge in [-0.15, -0.1) is 0 Å². The van der Waals surface area contributed by atoms with Gasteiger partial charge >= 0.3 is 11.9 Å². The molecule has 0 spiro atoms. The van der Waals surface area contributed by atoms with E-state index in [9.17, 15) is 9.59 Å². The van der Waals surface area contributed by atoms with Crippen LogP contribution in [-0.2, 0) is 14.3 Å². The third-order valence-corrected chi connectivity index (χ3v) is 1.39. The van der Waals surface area contributed by atoms with E-state index in [1.54, 1.807) is 0 Å². The normalized spacial score (nSPS) is 12.2. The molecular weight excluding hydrogens is 176 g/mol. The van der Waals surface area contributed by atoms with Gasteiger partial charge in [0.15, 0.2) is 6.10 Å². The van der Waals surface area contributed by atoms with E-state index >= 15 is 0 Å². The lowest BCUT2D eigenvalue weighted by molar-refractivity contribution is -0.167. The van der Waals surface area contributed by atoms with E-state index < -0.39 is 24.6 Å². The van der Waals surface area contributed by atoms with Crippen molar-refractivity contribution >= 4 is 11.9 Å². The van der Waals surface area contributed by atoms with Gasteiger partial charge in [-0.2, -0.15) is 0 Å². The molecule has 0 aliphatic carbocycles. The Morgan fingerprint density at radius 3 is 2.54 bits per heavy atom. The molecule has 5 nitrogen and oxygen atoms in total. The van der Waals surface area contributed by atoms with Gasteiger partial charge in [-0.25, -0.2) is 4.79 Å². The predicted molar refractivity (Wildman–Crippen MR) is 43.7 cm³/mol. The highest BCUT2D eigenvalue weighted by Gasteiger charge is 2.18. The molecule has 0 fully saturated rings. The smallest absolute Gasteiger partial charge is 0.345 e. The Bertz CT molecular complexity index is 177. The van der Waals surface area contributed by atoms with Gasteiger partial charge in [-0.1, -0.05) is 13.3 Å². The molecule has 0 rings (SSSR count). The Hall–Kier alpha value is -0.940. The molecule has 0 aromatic carbocycles. The fraction of sp³-hybridized carbons (Fsp3) is 0.750. The SMILES string of the molecule is CCCCC(=O)OC(=O)C(O)CO. The Kier molecular flexibility index (Phi) is 6.09. The zero-order chi connectivity index (χ0) is 10.3. The fourth-order valence-corrected chi connectivity index (χ4v) is 0.627. The summed E-state index contributed by atoms with van der Waals surface area (Å²) >= 11 is 0. The van der Waals surface area contributed by atoms with Crippen molar-refractivity contribution in [3.8, 4) is 0 Å². The lowest BCUT2D eigenvalue weighted by atomic mass is 10.2. The second-order valence-corrected chi connectivity index (χ2v) is 2.60. The van der Waals surface area contributed by atoms with E-state index in [-0.39, 0.29) is 6.42 Å². The Morgan fingerprint density at radius 2 is 2.08 bits per heavy atom. The standard InChI is InChI=1S/C8H14O5/c1-2-3-4-7(11)13-8(12)6(10)5-9/h6,9-10H,2-5H2,1H3. The summed E-state index contributed by atoms with van der Waals surface area (Å²) < 4.78 is 4.22. The Morgan fingerprint density at radius 1 is 1.46 bits per heavy atom. The highest BCUT2D eigenvalue weighted by Crippen LogP contribution is 1.98. The summed E-state index contributed by atoms with van der Waals surface area (Å²) in [5, 5.41) is 17.1. The molecule has 0 amide bonds. The molecule has 0 heterocycles. The predicted octanol–water partition coefficient (Wildman–Crippen LogP) is -0.400. The molecule has 2 N–H and O–H groups in total. The molecule has 13 heavy (non-hydrogen) atoms. The minimum Gasteiger partial charge on any atom is -0.393 e. The van der Waals surface area contributed by atoms with Gasteiger partial charge in [0, 0.05) is 6.42 Å². The van der Waals surface area contributed by atoms with Crippen LogP contribution in [0.25, 0.3) is 0 Å². The summed E-state index contributed by atoms with van der Waals surface area (Å²) in [5.41, 5.74) is 0. The quantitative estimate of drug-likeness (QED) is 0.455. The average molecular weight is 190 g/mol. The first-order chi connectivity index (χ1) is 6.11. The number of esters is 2. The molecule has 0 radical (unpaired) electrons. The molecule has 5 heteroatoms. The van der Waals surface area contributed by atoms with Crippen LogP contribution in [-0.4, -0.2) is 34.9 Å². The van der Waals surface area contributed by atoms with E-state index in [1.807, 2.05) is 6.92 Å². The number of aliphatic hydroxyl groups is 2. The molecule has 0 saturated heterocycles. The lowest BCUT2D eigenvalue weighted by Crippen LogP contribution is -2.28. The first-order valence-electron chi connectivity index (χ1n) is 4.15. The van der Waals surface area contributed by atoms with Crippen molar-refractivity contribution in [1.29, 1.82) is 0 Å². The van der Waals surface area contributed by atoms with Gasteiger partial charge in [-0.05, 0) is 6.42 Å². The molecule has 1 atom stereocenters. The van der Waals surface area contributed by atoms with Crippen LogP contribution >= 0.6 is 0 Å². The summed E-state index contributed by atoms with van der Waals surface area (Å²) in [4.78, 5) is 21.5. The van der Waals surface area contributed by atoms with E-state index in [2.05, 4.69) is 4.74 Å². The minimum absolute atomic E-state index is 0.153. The van der Waals surface area contributed by atoms with E-state index in [0.717, 1.165) is 6.42 Å². The molecule has 0 aliphatic heterocycles. The summed E-state index contributed by atoms with van der Waals surface area (Å²) in [6.45, 7) is 1.16. The zero-order valence-electron chi connectivity index (χ0n) is 7.52. The maximum atomic E-state index is 10.8. The van der Waals surface area contributed by atoms with E-state index in [0.29, 0.717) is 6.42 Å². The van der Waals surface area contributed by atoms with Crippen molar-refractivity contribution in [3.05, 3.63) is 0 Å². The summed E-state index contributed by atoms with van der Waals surface area (Å²) in [6, 6.07) is 0. The van der Waals surface area contributed by atoms with Crippen molar-refractivity contribution in [1.82, 2.24) is 0 Å². The molecule has 0 bridgehead atoms. The number of carbonyl (C=O) groups is 2. The Labute approximate surface area is 76.3 Å². The molecule has 0 aromatic heterocycles. The Balaban J connectivity index is 3.71. The third-order valence-electron chi connectivity index (χ3n) is 1.39. The molecule has 0 aliphatic rings. The van der Waals surface area contributed by atoms with Crippen LogP contribution in [0.3, 0.4) is 0 Å². The summed E-state index contributed by atoms with van der Waals surface area (Å²) in [7, 11) is 0. The maximum Gasteiger partial charge on any atom is 0.345 e. The molecule has 0 aromatic rings. The second kappa shape index (κ2) is 6.56. The van der Waals surface area contributed by atoms with Crippen molar-refractivity contribution in [3.63, 3.8) is 0 Å². The number of aliphatic hydroxyl groups excluding tert-OH is 2.